The molecule has 8 heteroatoms. The van der Waals surface area contributed by atoms with E-state index in [2.05, 4.69) is 20.3 Å². The van der Waals surface area contributed by atoms with Gasteiger partial charge in [0.05, 0.1) is 5.56 Å². The van der Waals surface area contributed by atoms with Gasteiger partial charge in [-0.25, -0.2) is 14.8 Å². The number of aryl methyl sites for hydroxylation is 1. The van der Waals surface area contributed by atoms with E-state index >= 15 is 0 Å². The number of carbonyl (C=O) groups is 2. The second-order valence-corrected chi connectivity index (χ2v) is 8.46. The third kappa shape index (κ3) is 3.42. The highest BCUT2D eigenvalue weighted by molar-refractivity contribution is 5.96. The summed E-state index contributed by atoms with van der Waals surface area (Å²) in [4.78, 5) is 37.5. The number of esters is 1. The van der Waals surface area contributed by atoms with Gasteiger partial charge >= 0.3 is 5.97 Å². The van der Waals surface area contributed by atoms with E-state index in [1.54, 1.807) is 24.7 Å². The summed E-state index contributed by atoms with van der Waals surface area (Å²) in [5.41, 5.74) is 1.77. The third-order valence-electron chi connectivity index (χ3n) is 6.36. The number of nitrogens with one attached hydrogen (secondary N) is 1. The Labute approximate surface area is 184 Å². The fraction of sp³-hybridized carbons (Fsp3) is 0.292. The molecule has 0 unspecified atom stereocenters. The number of aliphatic hydroxyl groups is 1. The summed E-state index contributed by atoms with van der Waals surface area (Å²) < 4.78 is 5.67. The van der Waals surface area contributed by atoms with E-state index in [4.69, 9.17) is 4.74 Å². The maximum atomic E-state index is 12.8. The van der Waals surface area contributed by atoms with Crippen molar-refractivity contribution < 1.29 is 19.4 Å². The van der Waals surface area contributed by atoms with Crippen molar-refractivity contribution >= 4 is 17.8 Å². The van der Waals surface area contributed by atoms with Crippen LogP contribution in [0.5, 0.6) is 0 Å². The number of hydrogen-bond acceptors (Lipinski definition) is 7. The molecule has 1 aliphatic carbocycles. The summed E-state index contributed by atoms with van der Waals surface area (Å²) in [7, 11) is 0. The summed E-state index contributed by atoms with van der Waals surface area (Å²) in [6.07, 6.45) is 7.37. The number of hydrogen-bond donors (Lipinski definition) is 2. The number of fused-ring (bicyclic) bond motifs is 2. The summed E-state index contributed by atoms with van der Waals surface area (Å²) in [6, 6.07) is 9.74. The number of aromatic nitrogens is 3. The molecule has 3 heterocycles. The van der Waals surface area contributed by atoms with Crippen LogP contribution in [0.3, 0.4) is 0 Å². The number of rotatable bonds is 3. The highest BCUT2D eigenvalue weighted by Crippen LogP contribution is 2.49. The third-order valence-corrected chi connectivity index (χ3v) is 6.36. The first-order valence-electron chi connectivity index (χ1n) is 10.5. The summed E-state index contributed by atoms with van der Waals surface area (Å²) in [5.74, 6) is -0.844. The minimum absolute atomic E-state index is 0.129. The quantitative estimate of drug-likeness (QED) is 0.614. The highest BCUT2D eigenvalue weighted by atomic mass is 16.6. The van der Waals surface area contributed by atoms with Gasteiger partial charge in [0.25, 0.3) is 5.91 Å². The first-order chi connectivity index (χ1) is 15.4. The molecule has 32 heavy (non-hydrogen) atoms. The number of benzene rings is 1. The topological polar surface area (TPSA) is 114 Å². The van der Waals surface area contributed by atoms with E-state index in [1.165, 1.54) is 6.20 Å². The van der Waals surface area contributed by atoms with Crippen molar-refractivity contribution in [1.29, 1.82) is 0 Å². The fourth-order valence-electron chi connectivity index (χ4n) is 4.49. The minimum Gasteiger partial charge on any atom is -0.450 e. The highest BCUT2D eigenvalue weighted by Gasteiger charge is 2.53. The van der Waals surface area contributed by atoms with Crippen molar-refractivity contribution in [3.8, 4) is 11.1 Å². The van der Waals surface area contributed by atoms with Gasteiger partial charge in [0, 0.05) is 35.9 Å². The van der Waals surface area contributed by atoms with Crippen molar-refractivity contribution in [2.24, 2.45) is 0 Å². The Morgan fingerprint density at radius 1 is 1.06 bits per heavy atom. The van der Waals surface area contributed by atoms with Gasteiger partial charge in [0.15, 0.2) is 0 Å². The van der Waals surface area contributed by atoms with E-state index < -0.39 is 23.1 Å². The second-order valence-electron chi connectivity index (χ2n) is 8.46. The predicted molar refractivity (Wildman–Crippen MR) is 116 cm³/mol. The molecule has 1 spiro atoms. The van der Waals surface area contributed by atoms with Crippen LogP contribution in [-0.4, -0.2) is 37.5 Å². The maximum absolute atomic E-state index is 12.8. The lowest BCUT2D eigenvalue weighted by Gasteiger charge is -2.40. The molecular formula is C24H22N4O4. The van der Waals surface area contributed by atoms with Crippen LogP contribution in [0, 0.1) is 6.92 Å². The van der Waals surface area contributed by atoms with Crippen LogP contribution in [0.4, 0.5) is 5.95 Å². The summed E-state index contributed by atoms with van der Waals surface area (Å²) in [6.45, 7) is 2.01. The Hall–Kier alpha value is -3.65. The zero-order chi connectivity index (χ0) is 22.3. The van der Waals surface area contributed by atoms with Crippen LogP contribution >= 0.6 is 0 Å². The molecule has 0 atom stereocenters. The minimum atomic E-state index is -1.59. The van der Waals surface area contributed by atoms with Gasteiger partial charge in [0.1, 0.15) is 11.2 Å². The lowest BCUT2D eigenvalue weighted by atomic mass is 9.72. The smallest absolute Gasteiger partial charge is 0.341 e. The van der Waals surface area contributed by atoms with Gasteiger partial charge in [0.2, 0.25) is 5.95 Å². The molecule has 1 aromatic carbocycles. The lowest BCUT2D eigenvalue weighted by molar-refractivity contribution is -0.144. The molecule has 2 N–H and O–H groups in total. The molecule has 1 fully saturated rings. The van der Waals surface area contributed by atoms with Crippen molar-refractivity contribution in [3.05, 3.63) is 71.8 Å². The van der Waals surface area contributed by atoms with Crippen molar-refractivity contribution in [1.82, 2.24) is 15.0 Å². The van der Waals surface area contributed by atoms with Gasteiger partial charge in [-0.3, -0.25) is 15.1 Å². The number of pyridine rings is 1. The van der Waals surface area contributed by atoms with Gasteiger partial charge in [-0.1, -0.05) is 29.8 Å². The molecule has 1 amide bonds. The summed E-state index contributed by atoms with van der Waals surface area (Å²) >= 11 is 0. The largest absolute Gasteiger partial charge is 0.450 e. The SMILES string of the molecule is Cc1cccc(-c2cnc(NC(=O)C3(O)CCC4(CC3)OC(=O)c3cnccc34)nc2)c1. The molecule has 2 aliphatic rings. The summed E-state index contributed by atoms with van der Waals surface area (Å²) in [5, 5.41) is 13.6. The number of amides is 1. The normalized spacial score (nSPS) is 24.1. The Bertz CT molecular complexity index is 1200. The standard InChI is InChI=1S/C24H22N4O4/c1-15-3-2-4-16(11-15)17-12-26-22(27-13-17)28-21(30)23(31)6-8-24(9-7-23)19-5-10-25-14-18(19)20(29)32-24/h2-5,10-14,31H,6-9H2,1H3,(H,26,27,28,30). The Morgan fingerprint density at radius 2 is 1.81 bits per heavy atom. The molecule has 2 aromatic heterocycles. The molecule has 3 aromatic rings. The van der Waals surface area contributed by atoms with Crippen molar-refractivity contribution in [2.45, 2.75) is 43.8 Å². The van der Waals surface area contributed by atoms with Crippen molar-refractivity contribution in [2.75, 3.05) is 5.32 Å². The van der Waals surface area contributed by atoms with Gasteiger partial charge < -0.3 is 9.84 Å². The van der Waals surface area contributed by atoms with Crippen LogP contribution in [0.15, 0.2) is 55.1 Å². The molecule has 0 bridgehead atoms. The van der Waals surface area contributed by atoms with Crippen LogP contribution < -0.4 is 5.32 Å². The van der Waals surface area contributed by atoms with Crippen LogP contribution in [0.1, 0.15) is 47.2 Å². The zero-order valence-electron chi connectivity index (χ0n) is 17.5. The average molecular weight is 430 g/mol. The first kappa shape index (κ1) is 20.3. The molecule has 0 saturated heterocycles. The molecule has 8 nitrogen and oxygen atoms in total. The monoisotopic (exact) mass is 430 g/mol. The molecule has 1 saturated carbocycles. The molecular weight excluding hydrogens is 408 g/mol. The Morgan fingerprint density at radius 3 is 2.53 bits per heavy atom. The zero-order valence-corrected chi connectivity index (χ0v) is 17.5. The van der Waals surface area contributed by atoms with Crippen LogP contribution in [-0.2, 0) is 15.1 Å². The van der Waals surface area contributed by atoms with Crippen LogP contribution in [0.2, 0.25) is 0 Å². The number of anilines is 1. The number of nitrogens with zero attached hydrogens (tertiary/aromatic N) is 3. The first-order valence-corrected chi connectivity index (χ1v) is 10.5. The lowest BCUT2D eigenvalue weighted by Crippen LogP contribution is -2.49. The second kappa shape index (κ2) is 7.49. The number of ether oxygens (including phenoxy) is 1. The molecule has 0 radical (unpaired) electrons. The van der Waals surface area contributed by atoms with E-state index in [0.29, 0.717) is 18.4 Å². The predicted octanol–water partition coefficient (Wildman–Crippen LogP) is 3.16. The van der Waals surface area contributed by atoms with E-state index in [0.717, 1.165) is 22.3 Å². The van der Waals surface area contributed by atoms with Gasteiger partial charge in [-0.05, 0) is 44.2 Å². The molecule has 162 valence electrons. The van der Waals surface area contributed by atoms with Crippen molar-refractivity contribution in [3.63, 3.8) is 0 Å². The maximum Gasteiger partial charge on any atom is 0.341 e. The average Bonchev–Trinajstić information content (AvgIpc) is 3.08. The molecule has 5 rings (SSSR count). The fourth-order valence-corrected chi connectivity index (χ4v) is 4.49. The van der Waals surface area contributed by atoms with E-state index in [1.807, 2.05) is 31.2 Å². The van der Waals surface area contributed by atoms with Gasteiger partial charge in [-0.2, -0.15) is 0 Å². The van der Waals surface area contributed by atoms with Crippen LogP contribution in [0.25, 0.3) is 11.1 Å². The Kier molecular flexibility index (Phi) is 4.74. The Balaban J connectivity index is 1.27. The van der Waals surface area contributed by atoms with E-state index in [9.17, 15) is 14.7 Å². The van der Waals surface area contributed by atoms with E-state index in [-0.39, 0.29) is 18.8 Å². The number of carbonyl (C=O) groups excluding carboxylic acids is 2. The van der Waals surface area contributed by atoms with Gasteiger partial charge in [-0.15, -0.1) is 0 Å². The molecule has 1 aliphatic heterocycles.